The molecule has 0 aromatic carbocycles. The number of hydrogen-bond donors (Lipinski definition) is 2. The normalized spacial score (nSPS) is 12.2. The molecule has 2 heterocycles. The van der Waals surface area contributed by atoms with Crippen LogP contribution in [0.4, 0.5) is 5.82 Å². The van der Waals surface area contributed by atoms with E-state index in [4.69, 9.17) is 5.11 Å². The second kappa shape index (κ2) is 5.36. The highest BCUT2D eigenvalue weighted by Gasteiger charge is 2.12. The number of nitrogens with one attached hydrogen (secondary N) is 1. The number of carbonyl (C=O) groups is 1. The quantitative estimate of drug-likeness (QED) is 0.898. The zero-order valence-corrected chi connectivity index (χ0v) is 11.8. The monoisotopic (exact) mass is 277 g/mol. The third-order valence-corrected chi connectivity index (χ3v) is 3.79. The lowest BCUT2D eigenvalue weighted by molar-refractivity contribution is 0.0695. The van der Waals surface area contributed by atoms with Gasteiger partial charge < -0.3 is 10.4 Å². The Morgan fingerprint density at radius 3 is 2.68 bits per heavy atom. The summed E-state index contributed by atoms with van der Waals surface area (Å²) in [6.07, 6.45) is 1.84. The SMILES string of the molecule is Cc1cnc(C(C)Nc2ccc(C(=O)O)c(C)n2)s1. The predicted octanol–water partition coefficient (Wildman–Crippen LogP) is 3.03. The largest absolute Gasteiger partial charge is 0.478 e. The van der Waals surface area contributed by atoms with Crippen LogP contribution in [0.15, 0.2) is 18.3 Å². The van der Waals surface area contributed by atoms with Crippen molar-refractivity contribution in [3.8, 4) is 0 Å². The Balaban J connectivity index is 2.15. The van der Waals surface area contributed by atoms with Crippen molar-refractivity contribution in [2.45, 2.75) is 26.8 Å². The molecule has 0 aliphatic heterocycles. The van der Waals surface area contributed by atoms with Gasteiger partial charge in [-0.15, -0.1) is 11.3 Å². The summed E-state index contributed by atoms with van der Waals surface area (Å²) in [6.45, 7) is 5.70. The molecule has 0 aliphatic rings. The summed E-state index contributed by atoms with van der Waals surface area (Å²) in [4.78, 5) is 20.6. The molecule has 0 spiro atoms. The number of thiazole rings is 1. The molecule has 19 heavy (non-hydrogen) atoms. The first-order chi connectivity index (χ1) is 8.97. The Labute approximate surface area is 115 Å². The van der Waals surface area contributed by atoms with Crippen molar-refractivity contribution < 1.29 is 9.90 Å². The number of aromatic nitrogens is 2. The van der Waals surface area contributed by atoms with Crippen molar-refractivity contribution >= 4 is 23.1 Å². The lowest BCUT2D eigenvalue weighted by Gasteiger charge is -2.12. The summed E-state index contributed by atoms with van der Waals surface area (Å²) in [5.41, 5.74) is 0.725. The van der Waals surface area contributed by atoms with Crippen LogP contribution < -0.4 is 5.32 Å². The van der Waals surface area contributed by atoms with Gasteiger partial charge in [-0.1, -0.05) is 0 Å². The lowest BCUT2D eigenvalue weighted by atomic mass is 10.2. The highest BCUT2D eigenvalue weighted by Crippen LogP contribution is 2.22. The Kier molecular flexibility index (Phi) is 3.80. The van der Waals surface area contributed by atoms with Crippen LogP contribution in [0, 0.1) is 13.8 Å². The van der Waals surface area contributed by atoms with Crippen LogP contribution in [0.2, 0.25) is 0 Å². The highest BCUT2D eigenvalue weighted by atomic mass is 32.1. The first kappa shape index (κ1) is 13.5. The van der Waals surface area contributed by atoms with E-state index in [1.54, 1.807) is 30.4 Å². The fourth-order valence-electron chi connectivity index (χ4n) is 1.72. The van der Waals surface area contributed by atoms with E-state index in [0.717, 1.165) is 9.88 Å². The molecule has 2 rings (SSSR count). The number of carboxylic acids is 1. The molecular weight excluding hydrogens is 262 g/mol. The summed E-state index contributed by atoms with van der Waals surface area (Å²) < 4.78 is 0. The van der Waals surface area contributed by atoms with E-state index in [1.807, 2.05) is 20.0 Å². The molecule has 0 radical (unpaired) electrons. The Morgan fingerprint density at radius 2 is 2.16 bits per heavy atom. The van der Waals surface area contributed by atoms with E-state index >= 15 is 0 Å². The van der Waals surface area contributed by atoms with Crippen molar-refractivity contribution in [3.05, 3.63) is 39.5 Å². The van der Waals surface area contributed by atoms with Gasteiger partial charge in [0.1, 0.15) is 10.8 Å². The van der Waals surface area contributed by atoms with Crippen LogP contribution >= 0.6 is 11.3 Å². The number of aryl methyl sites for hydroxylation is 2. The van der Waals surface area contributed by atoms with E-state index in [0.29, 0.717) is 11.5 Å². The molecule has 0 amide bonds. The molecular formula is C13H15N3O2S. The molecule has 2 N–H and O–H groups in total. The first-order valence-electron chi connectivity index (χ1n) is 5.87. The van der Waals surface area contributed by atoms with E-state index in [2.05, 4.69) is 15.3 Å². The molecule has 0 bridgehead atoms. The average molecular weight is 277 g/mol. The van der Waals surface area contributed by atoms with Gasteiger partial charge in [-0.25, -0.2) is 14.8 Å². The molecule has 5 nitrogen and oxygen atoms in total. The molecule has 0 aliphatic carbocycles. The molecule has 0 fully saturated rings. The van der Waals surface area contributed by atoms with Gasteiger partial charge >= 0.3 is 5.97 Å². The Bertz CT molecular complexity index is 610. The second-order valence-electron chi connectivity index (χ2n) is 4.31. The van der Waals surface area contributed by atoms with Crippen molar-refractivity contribution in [2.24, 2.45) is 0 Å². The van der Waals surface area contributed by atoms with E-state index in [9.17, 15) is 4.79 Å². The van der Waals surface area contributed by atoms with E-state index < -0.39 is 5.97 Å². The molecule has 2 aromatic heterocycles. The number of anilines is 1. The van der Waals surface area contributed by atoms with Gasteiger partial charge in [0.05, 0.1) is 17.3 Å². The van der Waals surface area contributed by atoms with Crippen molar-refractivity contribution in [1.82, 2.24) is 9.97 Å². The predicted molar refractivity (Wildman–Crippen MR) is 74.8 cm³/mol. The van der Waals surface area contributed by atoms with Gasteiger partial charge in [-0.2, -0.15) is 0 Å². The van der Waals surface area contributed by atoms with Gasteiger partial charge in [-0.05, 0) is 32.9 Å². The molecule has 0 saturated carbocycles. The summed E-state index contributed by atoms with van der Waals surface area (Å²) >= 11 is 1.63. The van der Waals surface area contributed by atoms with E-state index in [1.165, 1.54) is 0 Å². The fourth-order valence-corrected chi connectivity index (χ4v) is 2.50. The van der Waals surface area contributed by atoms with Gasteiger partial charge in [0.15, 0.2) is 0 Å². The molecule has 100 valence electrons. The second-order valence-corrected chi connectivity index (χ2v) is 5.58. The van der Waals surface area contributed by atoms with Gasteiger partial charge in [0, 0.05) is 11.1 Å². The van der Waals surface area contributed by atoms with E-state index in [-0.39, 0.29) is 11.6 Å². The number of rotatable bonds is 4. The smallest absolute Gasteiger partial charge is 0.337 e. The summed E-state index contributed by atoms with van der Waals surface area (Å²) in [7, 11) is 0. The van der Waals surface area contributed by atoms with Crippen LogP contribution in [0.1, 0.15) is 38.9 Å². The van der Waals surface area contributed by atoms with Crippen LogP contribution in [0.25, 0.3) is 0 Å². The summed E-state index contributed by atoms with van der Waals surface area (Å²) in [5.74, 6) is -0.303. The zero-order valence-electron chi connectivity index (χ0n) is 11.0. The number of pyridine rings is 1. The van der Waals surface area contributed by atoms with Crippen LogP contribution in [0.5, 0.6) is 0 Å². The van der Waals surface area contributed by atoms with Gasteiger partial charge in [0.25, 0.3) is 0 Å². The molecule has 1 unspecified atom stereocenters. The van der Waals surface area contributed by atoms with Crippen molar-refractivity contribution in [2.75, 3.05) is 5.32 Å². The Morgan fingerprint density at radius 1 is 1.42 bits per heavy atom. The molecule has 0 saturated heterocycles. The Hall–Kier alpha value is -1.95. The summed E-state index contributed by atoms with van der Waals surface area (Å²) in [5, 5.41) is 13.2. The topological polar surface area (TPSA) is 75.1 Å². The number of nitrogens with zero attached hydrogens (tertiary/aromatic N) is 2. The third-order valence-electron chi connectivity index (χ3n) is 2.69. The lowest BCUT2D eigenvalue weighted by Crippen LogP contribution is -2.09. The number of hydrogen-bond acceptors (Lipinski definition) is 5. The van der Waals surface area contributed by atoms with Gasteiger partial charge in [-0.3, -0.25) is 0 Å². The maximum absolute atomic E-state index is 10.9. The summed E-state index contributed by atoms with van der Waals surface area (Å²) in [6, 6.07) is 3.28. The van der Waals surface area contributed by atoms with Crippen LogP contribution in [0.3, 0.4) is 0 Å². The standard InChI is InChI=1S/C13H15N3O2S/c1-7-6-14-12(19-7)9(3)16-11-5-4-10(13(17)18)8(2)15-11/h4-6,9H,1-3H3,(H,15,16)(H,17,18). The highest BCUT2D eigenvalue weighted by molar-refractivity contribution is 7.11. The molecule has 2 aromatic rings. The molecule has 6 heteroatoms. The molecule has 1 atom stereocenters. The third kappa shape index (κ3) is 3.08. The maximum atomic E-state index is 10.9. The van der Waals surface area contributed by atoms with Crippen molar-refractivity contribution in [3.63, 3.8) is 0 Å². The number of carboxylic acid groups (broad SMARTS) is 1. The minimum atomic E-state index is -0.958. The fraction of sp³-hybridized carbons (Fsp3) is 0.308. The minimum Gasteiger partial charge on any atom is -0.478 e. The zero-order chi connectivity index (χ0) is 14.0. The van der Waals surface area contributed by atoms with Crippen LogP contribution in [-0.2, 0) is 0 Å². The maximum Gasteiger partial charge on any atom is 0.337 e. The van der Waals surface area contributed by atoms with Gasteiger partial charge in [0.2, 0.25) is 0 Å². The first-order valence-corrected chi connectivity index (χ1v) is 6.69. The number of aromatic carboxylic acids is 1. The van der Waals surface area contributed by atoms with Crippen molar-refractivity contribution in [1.29, 1.82) is 0 Å². The minimum absolute atomic E-state index is 0.0429. The average Bonchev–Trinajstić information content (AvgIpc) is 2.75. The van der Waals surface area contributed by atoms with Crippen LogP contribution in [-0.4, -0.2) is 21.0 Å².